The SMILES string of the molecule is N#Cc1cc(F)c2c(c1)nc1c3ccc4c(=O)n5c(nc6cc(C#N)cc(F)c65)c5ccc(c(=O)n12)c3c45. The Balaban J connectivity index is 1.65. The summed E-state index contributed by atoms with van der Waals surface area (Å²) in [4.78, 5) is 36.4. The molecule has 0 bridgehead atoms. The zero-order valence-corrected chi connectivity index (χ0v) is 18.9. The molecule has 0 amide bonds. The van der Waals surface area contributed by atoms with Crippen LogP contribution in [0.3, 0.4) is 0 Å². The molecule has 38 heavy (non-hydrogen) atoms. The Labute approximate surface area is 208 Å². The second-order valence-electron chi connectivity index (χ2n) is 9.10. The molecule has 0 aliphatic heterocycles. The molecule has 0 N–H and O–H groups in total. The zero-order chi connectivity index (χ0) is 26.0. The lowest BCUT2D eigenvalue weighted by Gasteiger charge is -2.12. The largest absolute Gasteiger partial charge is 0.268 e. The molecule has 0 saturated heterocycles. The van der Waals surface area contributed by atoms with Crippen LogP contribution >= 0.6 is 0 Å². The number of hydrogen-bond acceptors (Lipinski definition) is 6. The Kier molecular flexibility index (Phi) is 3.51. The summed E-state index contributed by atoms with van der Waals surface area (Å²) in [6, 6.07) is 15.1. The summed E-state index contributed by atoms with van der Waals surface area (Å²) < 4.78 is 32.4. The fourth-order valence-corrected chi connectivity index (χ4v) is 5.67. The predicted octanol–water partition coefficient (Wildman–Crippen LogP) is 4.37. The molecule has 0 saturated carbocycles. The number of rotatable bonds is 0. The molecule has 8 aromatic rings. The predicted molar refractivity (Wildman–Crippen MR) is 136 cm³/mol. The van der Waals surface area contributed by atoms with E-state index in [0.717, 1.165) is 12.1 Å². The highest BCUT2D eigenvalue weighted by atomic mass is 19.1. The Bertz CT molecular complexity index is 2420. The summed E-state index contributed by atoms with van der Waals surface area (Å²) in [5.41, 5.74) is -0.301. The Hall–Kier alpha value is -5.74. The number of fused-ring (bicyclic) bond motifs is 8. The van der Waals surface area contributed by atoms with Crippen LogP contribution in [0.5, 0.6) is 0 Å². The van der Waals surface area contributed by atoms with Crippen LogP contribution < -0.4 is 11.1 Å². The average molecular weight is 498 g/mol. The molecule has 4 aromatic heterocycles. The maximum atomic E-state index is 15.0. The van der Waals surface area contributed by atoms with Gasteiger partial charge in [0, 0.05) is 32.3 Å². The molecule has 10 heteroatoms. The summed E-state index contributed by atoms with van der Waals surface area (Å²) in [5, 5.41) is 20.9. The van der Waals surface area contributed by atoms with Crippen LogP contribution in [0.25, 0.3) is 65.7 Å². The number of aromatic nitrogens is 4. The van der Waals surface area contributed by atoms with E-state index in [9.17, 15) is 20.1 Å². The molecule has 0 radical (unpaired) electrons. The average Bonchev–Trinajstić information content (AvgIpc) is 3.50. The second kappa shape index (κ2) is 6.52. The van der Waals surface area contributed by atoms with Crippen LogP contribution in [0.2, 0.25) is 0 Å². The minimum atomic E-state index is -0.747. The van der Waals surface area contributed by atoms with Crippen molar-refractivity contribution in [1.82, 2.24) is 18.8 Å². The van der Waals surface area contributed by atoms with E-state index < -0.39 is 22.8 Å². The highest BCUT2D eigenvalue weighted by Gasteiger charge is 2.24. The van der Waals surface area contributed by atoms with E-state index in [1.807, 2.05) is 12.1 Å². The standard InChI is InChI=1S/C28H8F2N6O2/c29-17-5-11(9-31)7-19-23(17)35-25(33-19)13-1-3-15-22-14(2-4-16(21(13)22)28(35)38)26-34-20-8-12(10-32)6-18(30)24(20)36(26)27(15)37/h1-8H. The zero-order valence-electron chi connectivity index (χ0n) is 18.9. The van der Waals surface area contributed by atoms with E-state index >= 15 is 8.78 Å². The van der Waals surface area contributed by atoms with Gasteiger partial charge >= 0.3 is 0 Å². The summed E-state index contributed by atoms with van der Waals surface area (Å²) in [7, 11) is 0. The van der Waals surface area contributed by atoms with Gasteiger partial charge in [0.15, 0.2) is 11.6 Å². The molecule has 8 nitrogen and oxygen atoms in total. The van der Waals surface area contributed by atoms with Crippen LogP contribution in [0.15, 0.2) is 58.1 Å². The van der Waals surface area contributed by atoms with E-state index in [1.165, 1.54) is 20.9 Å². The first-order valence-electron chi connectivity index (χ1n) is 11.4. The molecule has 4 heterocycles. The highest BCUT2D eigenvalue weighted by molar-refractivity contribution is 6.27. The molecule has 0 aliphatic rings. The van der Waals surface area contributed by atoms with Gasteiger partial charge in [-0.05, 0) is 48.5 Å². The van der Waals surface area contributed by atoms with Gasteiger partial charge in [0.25, 0.3) is 11.1 Å². The van der Waals surface area contributed by atoms with E-state index in [0.29, 0.717) is 21.5 Å². The van der Waals surface area contributed by atoms with Crippen molar-refractivity contribution in [1.29, 1.82) is 10.5 Å². The molecule has 0 unspecified atom stereocenters. The molecular weight excluding hydrogens is 490 g/mol. The van der Waals surface area contributed by atoms with Gasteiger partial charge in [-0.25, -0.2) is 18.7 Å². The van der Waals surface area contributed by atoms with Crippen molar-refractivity contribution >= 4 is 65.7 Å². The van der Waals surface area contributed by atoms with Gasteiger partial charge in [-0.3, -0.25) is 18.4 Å². The normalized spacial score (nSPS) is 12.1. The second-order valence-corrected chi connectivity index (χ2v) is 9.10. The van der Waals surface area contributed by atoms with Crippen LogP contribution in [0.4, 0.5) is 8.78 Å². The first kappa shape index (κ1) is 20.5. The van der Waals surface area contributed by atoms with Crippen LogP contribution in [-0.2, 0) is 0 Å². The van der Waals surface area contributed by atoms with Crippen molar-refractivity contribution in [3.05, 3.63) is 92.0 Å². The van der Waals surface area contributed by atoms with Gasteiger partial charge in [-0.15, -0.1) is 0 Å². The van der Waals surface area contributed by atoms with Crippen molar-refractivity contribution < 1.29 is 8.78 Å². The summed E-state index contributed by atoms with van der Waals surface area (Å²) in [6.07, 6.45) is 0. The first-order valence-corrected chi connectivity index (χ1v) is 11.4. The van der Waals surface area contributed by atoms with Gasteiger partial charge in [-0.2, -0.15) is 10.5 Å². The van der Waals surface area contributed by atoms with E-state index in [-0.39, 0.29) is 55.3 Å². The Morgan fingerprint density at radius 2 is 1.03 bits per heavy atom. The maximum Gasteiger partial charge on any atom is 0.264 e. The van der Waals surface area contributed by atoms with E-state index in [1.54, 1.807) is 24.3 Å². The van der Waals surface area contributed by atoms with Crippen molar-refractivity contribution in [3.63, 3.8) is 0 Å². The molecule has 8 rings (SSSR count). The quantitative estimate of drug-likeness (QED) is 0.287. The van der Waals surface area contributed by atoms with Crippen molar-refractivity contribution in [2.24, 2.45) is 0 Å². The fraction of sp³-hybridized carbons (Fsp3) is 0. The van der Waals surface area contributed by atoms with Crippen molar-refractivity contribution in [3.8, 4) is 12.1 Å². The molecule has 176 valence electrons. The summed E-state index contributed by atoms with van der Waals surface area (Å²) in [6.45, 7) is 0. The topological polar surface area (TPSA) is 116 Å². The summed E-state index contributed by atoms with van der Waals surface area (Å²) >= 11 is 0. The Morgan fingerprint density at radius 1 is 0.632 bits per heavy atom. The summed E-state index contributed by atoms with van der Waals surface area (Å²) in [5.74, 6) is -1.49. The highest BCUT2D eigenvalue weighted by Crippen LogP contribution is 2.37. The lowest BCUT2D eigenvalue weighted by molar-refractivity contribution is 0.635. The number of hydrogen-bond donors (Lipinski definition) is 0. The van der Waals surface area contributed by atoms with Gasteiger partial charge in [0.1, 0.15) is 22.3 Å². The van der Waals surface area contributed by atoms with Gasteiger partial charge in [0.05, 0.1) is 34.3 Å². The third-order valence-electron chi connectivity index (χ3n) is 7.18. The lowest BCUT2D eigenvalue weighted by Crippen LogP contribution is -2.17. The van der Waals surface area contributed by atoms with E-state index in [2.05, 4.69) is 9.97 Å². The number of halogens is 2. The minimum absolute atomic E-state index is 0.0373. The van der Waals surface area contributed by atoms with Gasteiger partial charge in [0.2, 0.25) is 0 Å². The van der Waals surface area contributed by atoms with Gasteiger partial charge in [-0.1, -0.05) is 0 Å². The van der Waals surface area contributed by atoms with Crippen LogP contribution in [0.1, 0.15) is 11.1 Å². The Morgan fingerprint density at radius 3 is 1.42 bits per heavy atom. The smallest absolute Gasteiger partial charge is 0.264 e. The molecule has 0 aliphatic carbocycles. The molecule has 0 fully saturated rings. The minimum Gasteiger partial charge on any atom is -0.268 e. The van der Waals surface area contributed by atoms with Crippen molar-refractivity contribution in [2.45, 2.75) is 0 Å². The number of imidazole rings is 2. The fourth-order valence-electron chi connectivity index (χ4n) is 5.67. The third-order valence-corrected chi connectivity index (χ3v) is 7.18. The molecule has 4 aromatic carbocycles. The molecular formula is C28H8F2N6O2. The molecule has 0 atom stereocenters. The van der Waals surface area contributed by atoms with Gasteiger partial charge < -0.3 is 0 Å². The first-order chi connectivity index (χ1) is 18.4. The number of nitrogens with zero attached hydrogens (tertiary/aromatic N) is 6. The number of pyridine rings is 2. The molecule has 0 spiro atoms. The van der Waals surface area contributed by atoms with Crippen molar-refractivity contribution in [2.75, 3.05) is 0 Å². The number of benzene rings is 4. The lowest BCUT2D eigenvalue weighted by atomic mass is 9.96. The maximum absolute atomic E-state index is 15.0. The van der Waals surface area contributed by atoms with Crippen LogP contribution in [0, 0.1) is 34.3 Å². The van der Waals surface area contributed by atoms with Crippen LogP contribution in [-0.4, -0.2) is 18.8 Å². The number of nitriles is 2. The third kappa shape index (κ3) is 2.21. The monoisotopic (exact) mass is 498 g/mol. The van der Waals surface area contributed by atoms with E-state index in [4.69, 9.17) is 0 Å².